The number of nitrogens with zero attached hydrogens (tertiary/aromatic N) is 4. The van der Waals surface area contributed by atoms with Gasteiger partial charge in [-0.15, -0.1) is 0 Å². The number of ether oxygens (including phenoxy) is 1. The molecule has 3 aromatic rings. The van der Waals surface area contributed by atoms with Crippen LogP contribution in [0.1, 0.15) is 5.56 Å². The first-order valence-electron chi connectivity index (χ1n) is 8.46. The van der Waals surface area contributed by atoms with E-state index in [-0.39, 0.29) is 30.9 Å². The number of nitrogens with one attached hydrogen (secondary N) is 1. The van der Waals surface area contributed by atoms with Crippen LogP contribution in [-0.2, 0) is 25.4 Å². The Hall–Kier alpha value is -3.36. The minimum Gasteiger partial charge on any atom is -0.491 e. The molecule has 1 amide bonds. The van der Waals surface area contributed by atoms with Crippen molar-refractivity contribution in [1.29, 1.82) is 0 Å². The maximum atomic E-state index is 12.6. The second-order valence-electron chi connectivity index (χ2n) is 6.22. The van der Waals surface area contributed by atoms with E-state index in [0.717, 1.165) is 15.9 Å². The van der Waals surface area contributed by atoms with E-state index in [2.05, 4.69) is 10.3 Å². The second-order valence-corrected chi connectivity index (χ2v) is 6.22. The third-order valence-corrected chi connectivity index (χ3v) is 4.28. The standard InChI is InChI=1S/C18H21N5O4/c1-12-6-4-5-7-13(12)27-9-8-19-14(24)10-23-17(25)15-16(20-11-21(15)2)22(3)18(23)26/h4-7,11H,8-10H2,1-3H3,(H,19,24). The highest BCUT2D eigenvalue weighted by molar-refractivity contribution is 5.76. The average Bonchev–Trinajstić information content (AvgIpc) is 3.04. The average molecular weight is 371 g/mol. The van der Waals surface area contributed by atoms with Crippen LogP contribution < -0.4 is 21.3 Å². The third-order valence-electron chi connectivity index (χ3n) is 4.28. The monoisotopic (exact) mass is 371 g/mol. The third kappa shape index (κ3) is 3.62. The van der Waals surface area contributed by atoms with E-state index in [0.29, 0.717) is 0 Å². The molecule has 0 aliphatic heterocycles. The number of amides is 1. The topological polar surface area (TPSA) is 100 Å². The van der Waals surface area contributed by atoms with Gasteiger partial charge in [0.05, 0.1) is 12.9 Å². The normalized spacial score (nSPS) is 10.9. The Balaban J connectivity index is 1.66. The van der Waals surface area contributed by atoms with Crippen molar-refractivity contribution >= 4 is 17.1 Å². The van der Waals surface area contributed by atoms with E-state index >= 15 is 0 Å². The molecule has 0 saturated carbocycles. The van der Waals surface area contributed by atoms with Crippen LogP contribution in [0, 0.1) is 6.92 Å². The van der Waals surface area contributed by atoms with E-state index in [1.807, 2.05) is 31.2 Å². The summed E-state index contributed by atoms with van der Waals surface area (Å²) in [5.74, 6) is 0.308. The van der Waals surface area contributed by atoms with Crippen molar-refractivity contribution in [2.45, 2.75) is 13.5 Å². The van der Waals surface area contributed by atoms with Crippen molar-refractivity contribution in [2.24, 2.45) is 14.1 Å². The van der Waals surface area contributed by atoms with Crippen molar-refractivity contribution in [1.82, 2.24) is 24.0 Å². The molecule has 142 valence electrons. The lowest BCUT2D eigenvalue weighted by Gasteiger charge is -2.11. The van der Waals surface area contributed by atoms with Crippen molar-refractivity contribution in [3.63, 3.8) is 0 Å². The Bertz CT molecular complexity index is 1110. The van der Waals surface area contributed by atoms with Crippen molar-refractivity contribution in [3.8, 4) is 5.75 Å². The summed E-state index contributed by atoms with van der Waals surface area (Å²) in [5, 5.41) is 2.66. The highest BCUT2D eigenvalue weighted by Gasteiger charge is 2.16. The van der Waals surface area contributed by atoms with Crippen LogP contribution in [0.3, 0.4) is 0 Å². The number of imidazole rings is 1. The molecule has 9 nitrogen and oxygen atoms in total. The van der Waals surface area contributed by atoms with E-state index < -0.39 is 17.2 Å². The molecule has 2 aromatic heterocycles. The molecule has 0 spiro atoms. The zero-order valence-corrected chi connectivity index (χ0v) is 15.4. The number of hydrogen-bond donors (Lipinski definition) is 1. The lowest BCUT2D eigenvalue weighted by atomic mass is 10.2. The molecule has 1 N–H and O–H groups in total. The van der Waals surface area contributed by atoms with E-state index in [1.54, 1.807) is 7.05 Å². The van der Waals surface area contributed by atoms with Gasteiger partial charge in [0.15, 0.2) is 11.2 Å². The van der Waals surface area contributed by atoms with Gasteiger partial charge in [-0.25, -0.2) is 14.3 Å². The van der Waals surface area contributed by atoms with Gasteiger partial charge in [-0.05, 0) is 18.6 Å². The van der Waals surface area contributed by atoms with Gasteiger partial charge < -0.3 is 14.6 Å². The molecule has 2 heterocycles. The zero-order chi connectivity index (χ0) is 19.6. The number of carbonyl (C=O) groups excluding carboxylic acids is 1. The first-order valence-corrected chi connectivity index (χ1v) is 8.46. The molecule has 1 aromatic carbocycles. The van der Waals surface area contributed by atoms with Crippen molar-refractivity contribution in [3.05, 3.63) is 57.0 Å². The molecule has 27 heavy (non-hydrogen) atoms. The van der Waals surface area contributed by atoms with Crippen LogP contribution in [0.15, 0.2) is 40.2 Å². The van der Waals surface area contributed by atoms with Crippen LogP contribution in [0.25, 0.3) is 11.2 Å². The van der Waals surface area contributed by atoms with Gasteiger partial charge >= 0.3 is 5.69 Å². The number of fused-ring (bicyclic) bond motifs is 1. The first-order chi connectivity index (χ1) is 12.9. The fraction of sp³-hybridized carbons (Fsp3) is 0.333. The maximum Gasteiger partial charge on any atom is 0.332 e. The summed E-state index contributed by atoms with van der Waals surface area (Å²) in [6.07, 6.45) is 1.46. The Morgan fingerprint density at radius 1 is 1.22 bits per heavy atom. The summed E-state index contributed by atoms with van der Waals surface area (Å²) in [4.78, 5) is 41.1. The van der Waals surface area contributed by atoms with Crippen LogP contribution in [-0.4, -0.2) is 37.7 Å². The molecular weight excluding hydrogens is 350 g/mol. The second kappa shape index (κ2) is 7.48. The number of aromatic nitrogens is 4. The smallest absolute Gasteiger partial charge is 0.332 e. The van der Waals surface area contributed by atoms with Gasteiger partial charge in [-0.1, -0.05) is 18.2 Å². The van der Waals surface area contributed by atoms with E-state index in [9.17, 15) is 14.4 Å². The summed E-state index contributed by atoms with van der Waals surface area (Å²) in [6, 6.07) is 7.58. The molecule has 0 radical (unpaired) electrons. The number of aryl methyl sites for hydroxylation is 3. The molecule has 3 rings (SSSR count). The summed E-state index contributed by atoms with van der Waals surface area (Å²) >= 11 is 0. The minimum absolute atomic E-state index is 0.260. The lowest BCUT2D eigenvalue weighted by Crippen LogP contribution is -2.44. The van der Waals surface area contributed by atoms with Gasteiger partial charge in [0.25, 0.3) is 5.56 Å². The van der Waals surface area contributed by atoms with Gasteiger partial charge in [0.2, 0.25) is 5.91 Å². The lowest BCUT2D eigenvalue weighted by molar-refractivity contribution is -0.121. The molecule has 0 bridgehead atoms. The molecule has 0 atom stereocenters. The van der Waals surface area contributed by atoms with Crippen LogP contribution in [0.2, 0.25) is 0 Å². The van der Waals surface area contributed by atoms with Crippen molar-refractivity contribution < 1.29 is 9.53 Å². The molecule has 0 aliphatic rings. The number of hydrogen-bond acceptors (Lipinski definition) is 5. The Morgan fingerprint density at radius 3 is 2.70 bits per heavy atom. The minimum atomic E-state index is -0.586. The number of benzene rings is 1. The Kier molecular flexibility index (Phi) is 5.11. The van der Waals surface area contributed by atoms with Gasteiger partial charge in [-0.2, -0.15) is 0 Å². The molecule has 0 fully saturated rings. The zero-order valence-electron chi connectivity index (χ0n) is 15.4. The maximum absolute atomic E-state index is 12.6. The summed E-state index contributed by atoms with van der Waals surface area (Å²) < 4.78 is 9.30. The summed E-state index contributed by atoms with van der Waals surface area (Å²) in [7, 11) is 3.18. The summed E-state index contributed by atoms with van der Waals surface area (Å²) in [6.45, 7) is 2.11. The quantitative estimate of drug-likeness (QED) is 0.612. The van der Waals surface area contributed by atoms with Gasteiger partial charge in [0.1, 0.15) is 18.9 Å². The summed E-state index contributed by atoms with van der Waals surface area (Å²) in [5.41, 5.74) is 0.434. The van der Waals surface area contributed by atoms with Crippen LogP contribution in [0.5, 0.6) is 5.75 Å². The molecule has 0 aliphatic carbocycles. The van der Waals surface area contributed by atoms with Gasteiger partial charge in [-0.3, -0.25) is 14.2 Å². The Labute approximate surface area is 154 Å². The van der Waals surface area contributed by atoms with Crippen LogP contribution >= 0.6 is 0 Å². The van der Waals surface area contributed by atoms with Crippen molar-refractivity contribution in [2.75, 3.05) is 13.2 Å². The number of carbonyl (C=O) groups is 1. The van der Waals surface area contributed by atoms with E-state index in [1.165, 1.54) is 22.5 Å². The number of para-hydroxylation sites is 1. The molecular formula is C18H21N5O4. The largest absolute Gasteiger partial charge is 0.491 e. The van der Waals surface area contributed by atoms with Gasteiger partial charge in [0, 0.05) is 14.1 Å². The first kappa shape index (κ1) is 18.4. The molecule has 0 unspecified atom stereocenters. The predicted molar refractivity (Wildman–Crippen MR) is 99.9 cm³/mol. The predicted octanol–water partition coefficient (Wildman–Crippen LogP) is -0.0627. The van der Waals surface area contributed by atoms with E-state index in [4.69, 9.17) is 4.74 Å². The highest BCUT2D eigenvalue weighted by atomic mass is 16.5. The fourth-order valence-corrected chi connectivity index (χ4v) is 2.80. The molecule has 9 heteroatoms. The number of rotatable bonds is 6. The fourth-order valence-electron chi connectivity index (χ4n) is 2.80. The SMILES string of the molecule is Cc1ccccc1OCCNC(=O)Cn1c(=O)c2c(ncn2C)n(C)c1=O. The highest BCUT2D eigenvalue weighted by Crippen LogP contribution is 2.15. The van der Waals surface area contributed by atoms with Crippen LogP contribution in [0.4, 0.5) is 0 Å². The Morgan fingerprint density at radius 2 is 1.96 bits per heavy atom. The molecule has 0 saturated heterocycles.